The van der Waals surface area contributed by atoms with Crippen LogP contribution in [0.4, 0.5) is 17.1 Å². The number of non-ortho nitro benzene ring substituents is 2. The smallest absolute Gasteiger partial charge is 0.336 e. The van der Waals surface area contributed by atoms with Gasteiger partial charge in [0.05, 0.1) is 42.8 Å². The minimum atomic E-state index is -4.92. The molecule has 0 saturated heterocycles. The molecule has 5 rings (SSSR count). The van der Waals surface area contributed by atoms with Gasteiger partial charge in [-0.3, -0.25) is 34.9 Å². The van der Waals surface area contributed by atoms with Gasteiger partial charge in [0.1, 0.15) is 0 Å². The minimum Gasteiger partial charge on any atom is -0.726 e. The van der Waals surface area contributed by atoms with Gasteiger partial charge < -0.3 is 9.66 Å². The molecule has 1 aliphatic rings. The first kappa shape index (κ1) is 29.2. The lowest BCUT2D eigenvalue weighted by Crippen LogP contribution is -2.04. The molecule has 1 atom stereocenters. The zero-order valence-corrected chi connectivity index (χ0v) is 22.3. The normalized spacial score (nSPS) is 13.4. The second-order valence-corrected chi connectivity index (χ2v) is 11.4. The predicted molar refractivity (Wildman–Crippen MR) is 144 cm³/mol. The molecule has 0 bridgehead atoms. The molecule has 0 aliphatic heterocycles. The molecule has 1 heterocycles. The first-order chi connectivity index (χ1) is 19.2. The largest absolute Gasteiger partial charge is 0.726 e. The van der Waals surface area contributed by atoms with Gasteiger partial charge in [-0.15, -0.1) is 0 Å². The highest BCUT2D eigenvalue weighted by Gasteiger charge is 2.43. The van der Waals surface area contributed by atoms with Crippen molar-refractivity contribution in [2.75, 3.05) is 0 Å². The Balaban J connectivity index is 0.000000714. The van der Waals surface area contributed by atoms with E-state index in [0.29, 0.717) is 4.88 Å². The molecule has 0 saturated carbocycles. The highest BCUT2D eigenvalue weighted by molar-refractivity contribution is 7.79. The summed E-state index contributed by atoms with van der Waals surface area (Å²) in [4.78, 5) is 46.5. The number of rotatable bonds is 6. The van der Waals surface area contributed by atoms with Crippen LogP contribution in [0.5, 0.6) is 0 Å². The molecule has 41 heavy (non-hydrogen) atoms. The van der Waals surface area contributed by atoms with Crippen molar-refractivity contribution in [3.63, 3.8) is 0 Å². The molecule has 0 amide bonds. The maximum absolute atomic E-state index is 12.1. The fourth-order valence-corrected chi connectivity index (χ4v) is 7.03. The van der Waals surface area contributed by atoms with E-state index in [2.05, 4.69) is 0 Å². The number of carboxylic acid groups (broad SMARTS) is 1. The van der Waals surface area contributed by atoms with Crippen molar-refractivity contribution >= 4 is 54.1 Å². The Hall–Kier alpha value is -4.75. The molecule has 0 spiro atoms. The molecular formula is C23H13N3O12S3. The lowest BCUT2D eigenvalue weighted by Gasteiger charge is -2.10. The Kier molecular flexibility index (Phi) is 7.86. The van der Waals surface area contributed by atoms with E-state index in [1.54, 1.807) is 0 Å². The highest BCUT2D eigenvalue weighted by atomic mass is 32.9. The van der Waals surface area contributed by atoms with E-state index in [4.69, 9.17) is 17.5 Å². The molecule has 1 unspecified atom stereocenters. The molecule has 1 aliphatic carbocycles. The van der Waals surface area contributed by atoms with Gasteiger partial charge in [0.2, 0.25) is 10.4 Å². The number of benzene rings is 3. The van der Waals surface area contributed by atoms with Crippen molar-refractivity contribution in [3.05, 3.63) is 113 Å². The lowest BCUT2D eigenvalue weighted by atomic mass is 9.93. The van der Waals surface area contributed by atoms with Crippen LogP contribution in [-0.2, 0) is 10.4 Å². The minimum absolute atomic E-state index is 0.0469. The summed E-state index contributed by atoms with van der Waals surface area (Å²) >= 11 is 0. The third kappa shape index (κ3) is 6.05. The van der Waals surface area contributed by atoms with Crippen LogP contribution in [0.25, 0.3) is 21.6 Å². The topological polar surface area (TPSA) is 244 Å². The van der Waals surface area contributed by atoms with Crippen molar-refractivity contribution in [2.24, 2.45) is 0 Å². The Morgan fingerprint density at radius 2 is 1.39 bits per heavy atom. The van der Waals surface area contributed by atoms with Crippen LogP contribution < -0.4 is 0 Å². The van der Waals surface area contributed by atoms with Crippen molar-refractivity contribution < 1.29 is 42.2 Å². The van der Waals surface area contributed by atoms with Crippen molar-refractivity contribution in [1.29, 1.82) is 0 Å². The van der Waals surface area contributed by atoms with Crippen molar-refractivity contribution in [2.45, 2.75) is 5.92 Å². The predicted octanol–water partition coefficient (Wildman–Crippen LogP) is 5.35. The molecular weight excluding hydrogens is 606 g/mol. The summed E-state index contributed by atoms with van der Waals surface area (Å²) in [5, 5.41) is 45.1. The van der Waals surface area contributed by atoms with E-state index in [1.165, 1.54) is 32.8 Å². The third-order valence-corrected chi connectivity index (χ3v) is 8.38. The molecule has 210 valence electrons. The number of aromatic carboxylic acids is 1. The molecule has 2 N–H and O–H groups in total. The van der Waals surface area contributed by atoms with Gasteiger partial charge in [0.25, 0.3) is 21.9 Å². The van der Waals surface area contributed by atoms with Gasteiger partial charge in [-0.2, -0.15) is 0 Å². The van der Waals surface area contributed by atoms with Crippen LogP contribution in [-0.4, -0.2) is 43.4 Å². The molecule has 3 aromatic carbocycles. The Bertz CT molecular complexity index is 1770. The Morgan fingerprint density at radius 1 is 0.854 bits per heavy atom. The van der Waals surface area contributed by atoms with Gasteiger partial charge in [0.15, 0.2) is 10.3 Å². The first-order valence-electron chi connectivity index (χ1n) is 10.9. The summed E-state index contributed by atoms with van der Waals surface area (Å²) in [6.45, 7) is 0. The summed E-state index contributed by atoms with van der Waals surface area (Å²) in [5.74, 6) is -2.38. The second kappa shape index (κ2) is 11.0. The van der Waals surface area contributed by atoms with E-state index in [9.17, 15) is 40.2 Å². The first-order valence-corrected chi connectivity index (χ1v) is 14.4. The van der Waals surface area contributed by atoms with Gasteiger partial charge in [-0.05, 0) is 23.3 Å². The molecule has 4 aromatic rings. The van der Waals surface area contributed by atoms with Crippen LogP contribution in [0.15, 0.2) is 60.7 Å². The van der Waals surface area contributed by atoms with Gasteiger partial charge in [-0.25, -0.2) is 13.2 Å². The molecule has 0 radical (unpaired) electrons. The molecule has 1 aromatic heterocycles. The average Bonchev–Trinajstić information content (AvgIpc) is 3.49. The van der Waals surface area contributed by atoms with Crippen molar-refractivity contribution in [1.82, 2.24) is 0 Å². The SMILES string of the molecule is O=C(O)c1cc([N+](=O)[O-])cc2c1-c1c(cc([N+](=O)[O-])cc1[N+](=O)[O-])C2c1cc(-c2ccccc2)[s+]s1.O=S(=O)([O-])O. The number of fused-ring (bicyclic) bond motifs is 3. The summed E-state index contributed by atoms with van der Waals surface area (Å²) in [6.07, 6.45) is 0. The van der Waals surface area contributed by atoms with E-state index >= 15 is 0 Å². The molecule has 18 heteroatoms. The maximum atomic E-state index is 12.1. The number of hydrogen-bond acceptors (Lipinski definition) is 11. The Labute approximate surface area is 236 Å². The number of carboxylic acids is 1. The zero-order chi connectivity index (χ0) is 30.2. The zero-order valence-electron chi connectivity index (χ0n) is 19.9. The third-order valence-electron chi connectivity index (χ3n) is 5.85. The van der Waals surface area contributed by atoms with Crippen LogP contribution in [0.2, 0.25) is 0 Å². The molecule has 15 nitrogen and oxygen atoms in total. The van der Waals surface area contributed by atoms with E-state index in [-0.39, 0.29) is 22.3 Å². The number of nitro benzene ring substituents is 3. The highest BCUT2D eigenvalue weighted by Crippen LogP contribution is 2.56. The quantitative estimate of drug-likeness (QED) is 0.0610. The number of nitrogens with zero attached hydrogens (tertiary/aromatic N) is 3. The van der Waals surface area contributed by atoms with Crippen LogP contribution in [0.1, 0.15) is 32.3 Å². The number of hydrogen-bond donors (Lipinski definition) is 2. The Morgan fingerprint density at radius 3 is 1.90 bits per heavy atom. The van der Waals surface area contributed by atoms with Crippen molar-refractivity contribution in [3.8, 4) is 21.6 Å². The van der Waals surface area contributed by atoms with Crippen LogP contribution in [0, 0.1) is 30.3 Å². The van der Waals surface area contributed by atoms with Crippen LogP contribution in [0.3, 0.4) is 0 Å². The van der Waals surface area contributed by atoms with E-state index < -0.39 is 59.7 Å². The van der Waals surface area contributed by atoms with Gasteiger partial charge in [-0.1, -0.05) is 18.2 Å². The van der Waals surface area contributed by atoms with Gasteiger partial charge >= 0.3 is 16.3 Å². The number of carbonyl (C=O) groups is 1. The van der Waals surface area contributed by atoms with Gasteiger partial charge in [0, 0.05) is 35.4 Å². The molecule has 0 fully saturated rings. The maximum Gasteiger partial charge on any atom is 0.336 e. The number of nitro groups is 3. The monoisotopic (exact) mass is 619 g/mol. The second-order valence-electron chi connectivity index (χ2n) is 8.27. The standard InChI is InChI=1S/C23H11N3O8S2.H2O4S/c27-23(28)16-8-12(24(29)30)6-14-20(19-10-18(35-36-19)11-4-2-1-3-5-11)15-7-13(25(31)32)9-17(26(33)34)22(15)21(14)16;1-5(2,3)4/h1-10,20H;(H2,1,2,3,4). The van der Waals surface area contributed by atoms with E-state index in [0.717, 1.165) is 22.6 Å². The van der Waals surface area contributed by atoms with E-state index in [1.807, 2.05) is 36.4 Å². The summed E-state index contributed by atoms with van der Waals surface area (Å²) < 4.78 is 32.8. The summed E-state index contributed by atoms with van der Waals surface area (Å²) in [6, 6.07) is 15.2. The fourth-order valence-electron chi connectivity index (χ4n) is 4.42. The fraction of sp³-hybridized carbons (Fsp3) is 0.0435. The summed E-state index contributed by atoms with van der Waals surface area (Å²) in [5.41, 5.74) is -1.05. The van der Waals surface area contributed by atoms with Crippen LogP contribution >= 0.6 is 20.7 Å². The average molecular weight is 620 g/mol. The lowest BCUT2D eigenvalue weighted by molar-refractivity contribution is -0.393. The summed E-state index contributed by atoms with van der Waals surface area (Å²) in [7, 11) is -2.20.